The molecule has 0 atom stereocenters. The second kappa shape index (κ2) is 5.62. The fourth-order valence-corrected chi connectivity index (χ4v) is 3.00. The van der Waals surface area contributed by atoms with Gasteiger partial charge in [0.15, 0.2) is 17.3 Å². The van der Waals surface area contributed by atoms with E-state index in [1.54, 1.807) is 12.4 Å². The molecule has 2 aliphatic rings. The molecule has 3 aromatic rings. The van der Waals surface area contributed by atoms with Gasteiger partial charge >= 0.3 is 0 Å². The first-order chi connectivity index (χ1) is 12.3. The van der Waals surface area contributed by atoms with E-state index in [-0.39, 0.29) is 5.95 Å². The molecule has 0 radical (unpaired) electrons. The molecule has 3 aromatic heterocycles. The number of aromatic nitrogens is 6. The van der Waals surface area contributed by atoms with Gasteiger partial charge in [-0.05, 0) is 12.8 Å². The average molecular weight is 338 g/mol. The Bertz CT molecular complexity index is 912. The second-order valence-electron chi connectivity index (χ2n) is 6.39. The number of hydrogen-bond acceptors (Lipinski definition) is 8. The fraction of sp³-hybridized carbons (Fsp3) is 0.438. The number of hydrogen-bond donors (Lipinski definition) is 1. The van der Waals surface area contributed by atoms with Crippen molar-refractivity contribution < 1.29 is 4.74 Å². The number of morpholine rings is 1. The third kappa shape index (κ3) is 2.66. The molecule has 4 heterocycles. The van der Waals surface area contributed by atoms with E-state index < -0.39 is 0 Å². The average Bonchev–Trinajstić information content (AvgIpc) is 3.41. The quantitative estimate of drug-likeness (QED) is 0.750. The van der Waals surface area contributed by atoms with Gasteiger partial charge in [-0.1, -0.05) is 0 Å². The fourth-order valence-electron chi connectivity index (χ4n) is 3.00. The van der Waals surface area contributed by atoms with Crippen molar-refractivity contribution >= 4 is 17.4 Å². The molecule has 5 rings (SSSR count). The molecule has 0 bridgehead atoms. The van der Waals surface area contributed by atoms with Crippen molar-refractivity contribution in [2.75, 3.05) is 36.9 Å². The summed E-state index contributed by atoms with van der Waals surface area (Å²) in [5.41, 5.74) is 7.94. The Balaban J connectivity index is 1.66. The molecule has 1 saturated heterocycles. The van der Waals surface area contributed by atoms with E-state index in [2.05, 4.69) is 20.0 Å². The molecule has 0 spiro atoms. The summed E-state index contributed by atoms with van der Waals surface area (Å²) in [5, 5.41) is 4.68. The number of nitrogens with two attached hydrogens (primary N) is 1. The topological polar surface area (TPSA) is 107 Å². The summed E-state index contributed by atoms with van der Waals surface area (Å²) in [6, 6.07) is 0. The zero-order valence-electron chi connectivity index (χ0n) is 13.7. The highest BCUT2D eigenvalue weighted by Gasteiger charge is 2.29. The van der Waals surface area contributed by atoms with E-state index >= 15 is 0 Å². The summed E-state index contributed by atoms with van der Waals surface area (Å²) in [6.07, 6.45) is 7.56. The number of rotatable bonds is 3. The second-order valence-corrected chi connectivity index (χ2v) is 6.39. The highest BCUT2D eigenvalue weighted by atomic mass is 16.5. The molecule has 128 valence electrons. The van der Waals surface area contributed by atoms with Crippen molar-refractivity contribution in [1.82, 2.24) is 29.5 Å². The highest BCUT2D eigenvalue weighted by Crippen LogP contribution is 2.39. The molecule has 9 heteroatoms. The van der Waals surface area contributed by atoms with Crippen LogP contribution in [0.2, 0.25) is 0 Å². The minimum absolute atomic E-state index is 0.245. The molecule has 1 aliphatic heterocycles. The zero-order valence-corrected chi connectivity index (χ0v) is 13.7. The summed E-state index contributed by atoms with van der Waals surface area (Å²) in [7, 11) is 0. The Morgan fingerprint density at radius 2 is 1.84 bits per heavy atom. The monoisotopic (exact) mass is 338 g/mol. The molecule has 1 aliphatic carbocycles. The molecule has 2 fully saturated rings. The van der Waals surface area contributed by atoms with Crippen LogP contribution >= 0.6 is 0 Å². The first-order valence-electron chi connectivity index (χ1n) is 8.46. The van der Waals surface area contributed by atoms with Crippen molar-refractivity contribution in [1.29, 1.82) is 0 Å². The van der Waals surface area contributed by atoms with Gasteiger partial charge in [-0.25, -0.2) is 24.5 Å². The predicted molar refractivity (Wildman–Crippen MR) is 91.2 cm³/mol. The van der Waals surface area contributed by atoms with Crippen LogP contribution in [0, 0.1) is 0 Å². The van der Waals surface area contributed by atoms with Crippen LogP contribution in [0.5, 0.6) is 0 Å². The standard InChI is InChI=1S/C16H18N8O/c17-16-18-7-11(8-19-16)12-9-24-15(21-13(22-24)10-1-2-10)14(20-12)23-3-5-25-6-4-23/h7-10H,1-6H2,(H2,17,18,19). The van der Waals surface area contributed by atoms with E-state index in [0.29, 0.717) is 19.1 Å². The van der Waals surface area contributed by atoms with Gasteiger partial charge in [0.05, 0.1) is 25.1 Å². The number of nitrogens with zero attached hydrogens (tertiary/aromatic N) is 7. The van der Waals surface area contributed by atoms with Gasteiger partial charge < -0.3 is 15.4 Å². The molecule has 9 nitrogen and oxygen atoms in total. The molecule has 25 heavy (non-hydrogen) atoms. The van der Waals surface area contributed by atoms with Crippen LogP contribution in [0.1, 0.15) is 24.6 Å². The molecule has 2 N–H and O–H groups in total. The van der Waals surface area contributed by atoms with E-state index in [4.69, 9.17) is 20.4 Å². The first kappa shape index (κ1) is 14.5. The maximum Gasteiger partial charge on any atom is 0.219 e. The largest absolute Gasteiger partial charge is 0.378 e. The summed E-state index contributed by atoms with van der Waals surface area (Å²) < 4.78 is 7.30. The van der Waals surface area contributed by atoms with Crippen molar-refractivity contribution in [2.24, 2.45) is 0 Å². The smallest absolute Gasteiger partial charge is 0.219 e. The third-order valence-electron chi connectivity index (χ3n) is 4.54. The van der Waals surface area contributed by atoms with Gasteiger partial charge in [0.25, 0.3) is 0 Å². The normalized spacial score (nSPS) is 18.0. The van der Waals surface area contributed by atoms with E-state index in [1.807, 2.05) is 10.7 Å². The maximum absolute atomic E-state index is 5.59. The summed E-state index contributed by atoms with van der Waals surface area (Å²) in [6.45, 7) is 2.95. The van der Waals surface area contributed by atoms with Crippen molar-refractivity contribution in [2.45, 2.75) is 18.8 Å². The van der Waals surface area contributed by atoms with E-state index in [0.717, 1.165) is 54.5 Å². The molecular weight excluding hydrogens is 320 g/mol. The SMILES string of the molecule is Nc1ncc(-c2cn3nc(C4CC4)nc3c(N3CCOCC3)n2)cn1. The lowest BCUT2D eigenvalue weighted by atomic mass is 10.2. The lowest BCUT2D eigenvalue weighted by molar-refractivity contribution is 0.122. The van der Waals surface area contributed by atoms with Crippen LogP contribution in [0.3, 0.4) is 0 Å². The van der Waals surface area contributed by atoms with Crippen molar-refractivity contribution in [3.05, 3.63) is 24.4 Å². The molecule has 1 saturated carbocycles. The summed E-state index contributed by atoms with van der Waals surface area (Å²) in [4.78, 5) is 19.9. The Hall–Kier alpha value is -2.81. The van der Waals surface area contributed by atoms with Crippen LogP contribution in [0.15, 0.2) is 18.6 Å². The summed E-state index contributed by atoms with van der Waals surface area (Å²) in [5.74, 6) is 2.47. The van der Waals surface area contributed by atoms with E-state index in [1.165, 1.54) is 0 Å². The number of anilines is 2. The Morgan fingerprint density at radius 3 is 2.56 bits per heavy atom. The van der Waals surface area contributed by atoms with Crippen molar-refractivity contribution in [3.63, 3.8) is 0 Å². The highest BCUT2D eigenvalue weighted by molar-refractivity contribution is 5.69. The van der Waals surface area contributed by atoms with Crippen LogP contribution in [0.4, 0.5) is 11.8 Å². The zero-order chi connectivity index (χ0) is 16.8. The molecule has 0 amide bonds. The molecule has 0 aromatic carbocycles. The summed E-state index contributed by atoms with van der Waals surface area (Å²) >= 11 is 0. The van der Waals surface area contributed by atoms with Crippen LogP contribution in [0.25, 0.3) is 16.9 Å². The van der Waals surface area contributed by atoms with Gasteiger partial charge in [-0.2, -0.15) is 5.10 Å². The molecule has 0 unspecified atom stereocenters. The Kier molecular flexibility index (Phi) is 3.27. The lowest BCUT2D eigenvalue weighted by Crippen LogP contribution is -2.37. The van der Waals surface area contributed by atoms with Gasteiger partial charge in [-0.15, -0.1) is 0 Å². The minimum atomic E-state index is 0.245. The Labute approximate surface area is 143 Å². The van der Waals surface area contributed by atoms with Crippen LogP contribution in [-0.2, 0) is 4.74 Å². The van der Waals surface area contributed by atoms with Crippen molar-refractivity contribution in [3.8, 4) is 11.3 Å². The number of ether oxygens (including phenoxy) is 1. The maximum atomic E-state index is 5.59. The molecular formula is C16H18N8O. The predicted octanol–water partition coefficient (Wildman–Crippen LogP) is 0.877. The van der Waals surface area contributed by atoms with Gasteiger partial charge in [0.2, 0.25) is 5.95 Å². The first-order valence-corrected chi connectivity index (χ1v) is 8.46. The van der Waals surface area contributed by atoms with Crippen LogP contribution in [-0.4, -0.2) is 55.9 Å². The van der Waals surface area contributed by atoms with E-state index in [9.17, 15) is 0 Å². The van der Waals surface area contributed by atoms with Crippen LogP contribution < -0.4 is 10.6 Å². The van der Waals surface area contributed by atoms with Gasteiger partial charge in [0.1, 0.15) is 0 Å². The number of nitrogen functional groups attached to an aromatic ring is 1. The third-order valence-corrected chi connectivity index (χ3v) is 4.54. The lowest BCUT2D eigenvalue weighted by Gasteiger charge is -2.28. The number of fused-ring (bicyclic) bond motifs is 1. The van der Waals surface area contributed by atoms with Gasteiger partial charge in [0, 0.05) is 37.0 Å². The Morgan fingerprint density at radius 1 is 1.08 bits per heavy atom. The van der Waals surface area contributed by atoms with Gasteiger partial charge in [-0.3, -0.25) is 0 Å². The minimum Gasteiger partial charge on any atom is -0.378 e.